The summed E-state index contributed by atoms with van der Waals surface area (Å²) < 4.78 is 9.73. The quantitative estimate of drug-likeness (QED) is 0.733. The molecule has 0 bridgehead atoms. The van der Waals surface area contributed by atoms with Crippen molar-refractivity contribution in [2.24, 2.45) is 5.73 Å². The molecule has 86 valence electrons. The lowest BCUT2D eigenvalue weighted by Crippen LogP contribution is -2.23. The molecule has 1 rings (SSSR count). The van der Waals surface area contributed by atoms with Crippen molar-refractivity contribution in [3.8, 4) is 5.75 Å². The fourth-order valence-electron chi connectivity index (χ4n) is 1.05. The van der Waals surface area contributed by atoms with E-state index in [1.165, 1.54) is 0 Å². The summed E-state index contributed by atoms with van der Waals surface area (Å²) in [5, 5.41) is 0. The highest BCUT2D eigenvalue weighted by Gasteiger charge is 2.06. The van der Waals surface area contributed by atoms with E-state index in [1.54, 1.807) is 12.1 Å². The number of aryl methyl sites for hydroxylation is 1. The van der Waals surface area contributed by atoms with Crippen LogP contribution in [0.15, 0.2) is 24.3 Å². The molecular formula is C11H13NO4. The number of para-hydroxylation sites is 1. The lowest BCUT2D eigenvalue weighted by Gasteiger charge is -2.07. The zero-order valence-corrected chi connectivity index (χ0v) is 8.93. The van der Waals surface area contributed by atoms with E-state index in [1.807, 2.05) is 19.1 Å². The predicted molar refractivity (Wildman–Crippen MR) is 56.8 cm³/mol. The van der Waals surface area contributed by atoms with Crippen molar-refractivity contribution in [1.29, 1.82) is 0 Å². The number of nitrogens with two attached hydrogens (primary N) is 1. The SMILES string of the molecule is Cc1ccccc1OCC(=O)OCC(N)=O. The van der Waals surface area contributed by atoms with Crippen LogP contribution in [0.5, 0.6) is 5.75 Å². The Morgan fingerprint density at radius 1 is 1.25 bits per heavy atom. The van der Waals surface area contributed by atoms with Crippen LogP contribution in [0.2, 0.25) is 0 Å². The summed E-state index contributed by atoms with van der Waals surface area (Å²) in [5.74, 6) is -0.704. The number of ether oxygens (including phenoxy) is 2. The van der Waals surface area contributed by atoms with Crippen LogP contribution in [-0.2, 0) is 14.3 Å². The molecule has 0 aromatic heterocycles. The van der Waals surface area contributed by atoms with Gasteiger partial charge in [-0.25, -0.2) is 4.79 Å². The summed E-state index contributed by atoms with van der Waals surface area (Å²) in [6, 6.07) is 7.28. The molecule has 1 aromatic rings. The Morgan fingerprint density at radius 3 is 2.56 bits per heavy atom. The maximum Gasteiger partial charge on any atom is 0.344 e. The first-order valence-electron chi connectivity index (χ1n) is 4.72. The molecule has 0 radical (unpaired) electrons. The normalized spacial score (nSPS) is 9.56. The third-order valence-corrected chi connectivity index (χ3v) is 1.81. The molecule has 0 fully saturated rings. The van der Waals surface area contributed by atoms with Gasteiger partial charge in [-0.05, 0) is 18.6 Å². The second kappa shape index (κ2) is 5.75. The van der Waals surface area contributed by atoms with Crippen molar-refractivity contribution >= 4 is 11.9 Å². The van der Waals surface area contributed by atoms with E-state index in [0.29, 0.717) is 5.75 Å². The van der Waals surface area contributed by atoms with Crippen LogP contribution in [0.3, 0.4) is 0 Å². The maximum atomic E-state index is 11.1. The Labute approximate surface area is 93.1 Å². The zero-order valence-electron chi connectivity index (χ0n) is 8.93. The van der Waals surface area contributed by atoms with E-state index in [4.69, 9.17) is 10.5 Å². The fraction of sp³-hybridized carbons (Fsp3) is 0.273. The third-order valence-electron chi connectivity index (χ3n) is 1.81. The highest BCUT2D eigenvalue weighted by Crippen LogP contribution is 2.15. The van der Waals surface area contributed by atoms with Gasteiger partial charge in [-0.3, -0.25) is 4.79 Å². The highest BCUT2D eigenvalue weighted by molar-refractivity contribution is 5.79. The number of carbonyl (C=O) groups excluding carboxylic acids is 2. The molecule has 0 spiro atoms. The van der Waals surface area contributed by atoms with Crippen LogP contribution in [-0.4, -0.2) is 25.1 Å². The first kappa shape index (κ1) is 12.0. The number of benzene rings is 1. The van der Waals surface area contributed by atoms with Crippen molar-refractivity contribution in [3.05, 3.63) is 29.8 Å². The van der Waals surface area contributed by atoms with E-state index in [-0.39, 0.29) is 6.61 Å². The van der Waals surface area contributed by atoms with Gasteiger partial charge in [-0.2, -0.15) is 0 Å². The van der Waals surface area contributed by atoms with E-state index in [9.17, 15) is 9.59 Å². The molecule has 0 atom stereocenters. The van der Waals surface area contributed by atoms with E-state index >= 15 is 0 Å². The molecule has 0 aliphatic rings. The molecular weight excluding hydrogens is 210 g/mol. The van der Waals surface area contributed by atoms with Crippen molar-refractivity contribution in [2.45, 2.75) is 6.92 Å². The molecule has 0 unspecified atom stereocenters. The summed E-state index contributed by atoms with van der Waals surface area (Å²) in [6.45, 7) is 1.21. The van der Waals surface area contributed by atoms with Crippen LogP contribution in [0.4, 0.5) is 0 Å². The Morgan fingerprint density at radius 2 is 1.94 bits per heavy atom. The van der Waals surface area contributed by atoms with Crippen molar-refractivity contribution in [3.63, 3.8) is 0 Å². The molecule has 0 heterocycles. The van der Waals surface area contributed by atoms with Gasteiger partial charge in [0.15, 0.2) is 13.2 Å². The second-order valence-electron chi connectivity index (χ2n) is 3.18. The summed E-state index contributed by atoms with van der Waals surface area (Å²) in [4.78, 5) is 21.4. The topological polar surface area (TPSA) is 78.6 Å². The van der Waals surface area contributed by atoms with Crippen LogP contribution in [0.25, 0.3) is 0 Å². The van der Waals surface area contributed by atoms with Crippen LogP contribution < -0.4 is 10.5 Å². The number of rotatable bonds is 5. The summed E-state index contributed by atoms with van der Waals surface area (Å²) in [5.41, 5.74) is 5.74. The summed E-state index contributed by atoms with van der Waals surface area (Å²) in [6.07, 6.45) is 0. The summed E-state index contributed by atoms with van der Waals surface area (Å²) >= 11 is 0. The average Bonchev–Trinajstić information content (AvgIpc) is 2.25. The van der Waals surface area contributed by atoms with E-state index in [2.05, 4.69) is 4.74 Å². The first-order chi connectivity index (χ1) is 7.59. The highest BCUT2D eigenvalue weighted by atomic mass is 16.6. The lowest BCUT2D eigenvalue weighted by molar-refractivity contribution is -0.149. The monoisotopic (exact) mass is 223 g/mol. The fourth-order valence-corrected chi connectivity index (χ4v) is 1.05. The summed E-state index contributed by atoms with van der Waals surface area (Å²) in [7, 11) is 0. The Kier molecular flexibility index (Phi) is 4.32. The van der Waals surface area contributed by atoms with Crippen LogP contribution in [0.1, 0.15) is 5.56 Å². The molecule has 0 aliphatic carbocycles. The minimum Gasteiger partial charge on any atom is -0.482 e. The number of hydrogen-bond acceptors (Lipinski definition) is 4. The van der Waals surface area contributed by atoms with Gasteiger partial charge in [0.05, 0.1) is 0 Å². The standard InChI is InChI=1S/C11H13NO4/c1-8-4-2-3-5-9(8)15-7-11(14)16-6-10(12)13/h2-5H,6-7H2,1H3,(H2,12,13). The number of hydrogen-bond donors (Lipinski definition) is 1. The lowest BCUT2D eigenvalue weighted by atomic mass is 10.2. The van der Waals surface area contributed by atoms with E-state index in [0.717, 1.165) is 5.56 Å². The molecule has 0 saturated heterocycles. The van der Waals surface area contributed by atoms with Gasteiger partial charge in [0.2, 0.25) is 0 Å². The molecule has 5 heteroatoms. The number of esters is 1. The molecule has 1 amide bonds. The molecule has 16 heavy (non-hydrogen) atoms. The molecule has 1 aromatic carbocycles. The Bertz CT molecular complexity index is 389. The predicted octanol–water partition coefficient (Wildman–Crippen LogP) is 0.402. The van der Waals surface area contributed by atoms with Crippen molar-refractivity contribution in [1.82, 2.24) is 0 Å². The van der Waals surface area contributed by atoms with Crippen LogP contribution in [0, 0.1) is 6.92 Å². The minimum atomic E-state index is -0.691. The third kappa shape index (κ3) is 4.00. The first-order valence-corrected chi connectivity index (χ1v) is 4.72. The van der Waals surface area contributed by atoms with Gasteiger partial charge in [0, 0.05) is 0 Å². The molecule has 0 aliphatic heterocycles. The Hall–Kier alpha value is -2.04. The van der Waals surface area contributed by atoms with Gasteiger partial charge in [0.25, 0.3) is 5.91 Å². The maximum absolute atomic E-state index is 11.1. The van der Waals surface area contributed by atoms with Gasteiger partial charge in [-0.1, -0.05) is 18.2 Å². The molecule has 5 nitrogen and oxygen atoms in total. The number of primary amides is 1. The largest absolute Gasteiger partial charge is 0.482 e. The van der Waals surface area contributed by atoms with Gasteiger partial charge in [0.1, 0.15) is 5.75 Å². The van der Waals surface area contributed by atoms with E-state index < -0.39 is 18.5 Å². The minimum absolute atomic E-state index is 0.238. The zero-order chi connectivity index (χ0) is 12.0. The van der Waals surface area contributed by atoms with Gasteiger partial charge < -0.3 is 15.2 Å². The van der Waals surface area contributed by atoms with Crippen LogP contribution >= 0.6 is 0 Å². The smallest absolute Gasteiger partial charge is 0.344 e. The van der Waals surface area contributed by atoms with Crippen molar-refractivity contribution < 1.29 is 19.1 Å². The van der Waals surface area contributed by atoms with Crippen molar-refractivity contribution in [2.75, 3.05) is 13.2 Å². The second-order valence-corrected chi connectivity index (χ2v) is 3.18. The van der Waals surface area contributed by atoms with Gasteiger partial charge in [-0.15, -0.1) is 0 Å². The number of carbonyl (C=O) groups is 2. The Balaban J connectivity index is 2.37. The molecule has 2 N–H and O–H groups in total. The molecule has 0 saturated carbocycles. The average molecular weight is 223 g/mol. The number of amides is 1. The van der Waals surface area contributed by atoms with Gasteiger partial charge >= 0.3 is 5.97 Å².